The van der Waals surface area contributed by atoms with E-state index in [9.17, 15) is 0 Å². The molecule has 0 bridgehead atoms. The van der Waals surface area contributed by atoms with Crippen LogP contribution >= 0.6 is 0 Å². The number of fused-ring (bicyclic) bond motifs is 1. The maximum absolute atomic E-state index is 5.68. The highest BCUT2D eigenvalue weighted by Crippen LogP contribution is 2.20. The van der Waals surface area contributed by atoms with Crippen LogP contribution in [0.4, 0.5) is 11.7 Å². The molecule has 0 amide bonds. The highest BCUT2D eigenvalue weighted by atomic mass is 16.4. The Morgan fingerprint density at radius 3 is 3.17 bits per heavy atom. The molecule has 92 valence electrons. The summed E-state index contributed by atoms with van der Waals surface area (Å²) in [5.74, 6) is 0. The fourth-order valence-corrected chi connectivity index (χ4v) is 1.73. The monoisotopic (exact) mass is 243 g/mol. The van der Waals surface area contributed by atoms with Crippen molar-refractivity contribution in [2.24, 2.45) is 0 Å². The Hall–Kier alpha value is -2.50. The van der Waals surface area contributed by atoms with Crippen LogP contribution < -0.4 is 11.1 Å². The van der Waals surface area contributed by atoms with Gasteiger partial charge in [0, 0.05) is 24.6 Å². The Balaban J connectivity index is 1.67. The number of hydrogen-bond acceptors (Lipinski definition) is 5. The Bertz CT molecular complexity index is 644. The van der Waals surface area contributed by atoms with E-state index in [2.05, 4.69) is 15.4 Å². The van der Waals surface area contributed by atoms with E-state index in [0.717, 1.165) is 17.6 Å². The third-order valence-electron chi connectivity index (χ3n) is 2.59. The number of anilines is 2. The van der Waals surface area contributed by atoms with Crippen molar-refractivity contribution in [3.8, 4) is 0 Å². The lowest BCUT2D eigenvalue weighted by molar-refractivity contribution is 0.592. The van der Waals surface area contributed by atoms with Gasteiger partial charge in [-0.15, -0.1) is 0 Å². The molecule has 18 heavy (non-hydrogen) atoms. The zero-order chi connectivity index (χ0) is 12.4. The summed E-state index contributed by atoms with van der Waals surface area (Å²) >= 11 is 0. The van der Waals surface area contributed by atoms with Crippen LogP contribution in [0, 0.1) is 0 Å². The zero-order valence-electron chi connectivity index (χ0n) is 9.71. The Morgan fingerprint density at radius 1 is 1.39 bits per heavy atom. The molecule has 0 radical (unpaired) electrons. The second-order valence-electron chi connectivity index (χ2n) is 3.94. The van der Waals surface area contributed by atoms with Gasteiger partial charge in [-0.05, 0) is 24.3 Å². The topological polar surface area (TPSA) is 81.9 Å². The predicted molar refractivity (Wildman–Crippen MR) is 69.1 cm³/mol. The molecule has 1 aromatic carbocycles. The fourth-order valence-electron chi connectivity index (χ4n) is 1.73. The zero-order valence-corrected chi connectivity index (χ0v) is 9.71. The predicted octanol–water partition coefficient (Wildman–Crippen LogP) is 1.72. The minimum Gasteiger partial charge on any atom is -0.424 e. The van der Waals surface area contributed by atoms with Gasteiger partial charge in [-0.25, -0.2) is 0 Å². The third kappa shape index (κ3) is 2.13. The quantitative estimate of drug-likeness (QED) is 0.682. The molecule has 0 aliphatic heterocycles. The molecule has 0 unspecified atom stereocenters. The summed E-state index contributed by atoms with van der Waals surface area (Å²) in [5, 5.41) is 7.22. The second-order valence-corrected chi connectivity index (χ2v) is 3.94. The van der Waals surface area contributed by atoms with Crippen molar-refractivity contribution in [1.29, 1.82) is 0 Å². The van der Waals surface area contributed by atoms with E-state index in [1.165, 1.54) is 0 Å². The number of rotatable bonds is 4. The molecule has 2 aromatic heterocycles. The van der Waals surface area contributed by atoms with E-state index >= 15 is 0 Å². The van der Waals surface area contributed by atoms with E-state index in [0.29, 0.717) is 18.2 Å². The molecule has 3 rings (SSSR count). The summed E-state index contributed by atoms with van der Waals surface area (Å²) in [6, 6.07) is 7.79. The lowest BCUT2D eigenvalue weighted by Crippen LogP contribution is -2.10. The first-order valence-electron chi connectivity index (χ1n) is 5.69. The third-order valence-corrected chi connectivity index (χ3v) is 2.59. The SMILES string of the molecule is Nc1ccc2oc(NCCn3cccn3)nc2c1. The van der Waals surface area contributed by atoms with Gasteiger partial charge in [-0.1, -0.05) is 0 Å². The normalized spacial score (nSPS) is 10.9. The number of oxazole rings is 1. The highest BCUT2D eigenvalue weighted by molar-refractivity contribution is 5.78. The van der Waals surface area contributed by atoms with Crippen molar-refractivity contribution in [2.75, 3.05) is 17.6 Å². The largest absolute Gasteiger partial charge is 0.424 e. The number of aromatic nitrogens is 3. The number of nitrogens with zero attached hydrogens (tertiary/aromatic N) is 3. The smallest absolute Gasteiger partial charge is 0.295 e. The van der Waals surface area contributed by atoms with Crippen LogP contribution in [0.2, 0.25) is 0 Å². The average molecular weight is 243 g/mol. The molecular weight excluding hydrogens is 230 g/mol. The first-order chi connectivity index (χ1) is 8.81. The van der Waals surface area contributed by atoms with Gasteiger partial charge in [0.15, 0.2) is 5.58 Å². The van der Waals surface area contributed by atoms with Gasteiger partial charge in [0.1, 0.15) is 5.52 Å². The van der Waals surface area contributed by atoms with Gasteiger partial charge >= 0.3 is 0 Å². The standard InChI is InChI=1S/C12H13N5O/c13-9-2-3-11-10(8-9)16-12(18-11)14-5-7-17-6-1-4-15-17/h1-4,6,8H,5,7,13H2,(H,14,16). The van der Waals surface area contributed by atoms with E-state index in [1.807, 2.05) is 23.0 Å². The van der Waals surface area contributed by atoms with E-state index in [1.54, 1.807) is 18.3 Å². The Morgan fingerprint density at radius 2 is 2.33 bits per heavy atom. The number of nitrogens with one attached hydrogen (secondary N) is 1. The minimum absolute atomic E-state index is 0.503. The van der Waals surface area contributed by atoms with Crippen LogP contribution in [0.5, 0.6) is 0 Å². The first-order valence-corrected chi connectivity index (χ1v) is 5.69. The molecule has 6 nitrogen and oxygen atoms in total. The maximum atomic E-state index is 5.68. The van der Waals surface area contributed by atoms with Crippen LogP contribution in [-0.4, -0.2) is 21.3 Å². The van der Waals surface area contributed by atoms with Crippen LogP contribution in [0.1, 0.15) is 0 Å². The number of benzene rings is 1. The number of hydrogen-bond donors (Lipinski definition) is 2. The van der Waals surface area contributed by atoms with Crippen LogP contribution in [0.3, 0.4) is 0 Å². The van der Waals surface area contributed by atoms with Crippen molar-refractivity contribution < 1.29 is 4.42 Å². The molecule has 0 atom stereocenters. The van der Waals surface area contributed by atoms with Gasteiger partial charge in [0.05, 0.1) is 6.54 Å². The summed E-state index contributed by atoms with van der Waals surface area (Å²) in [4.78, 5) is 4.30. The molecule has 2 heterocycles. The summed E-state index contributed by atoms with van der Waals surface area (Å²) in [6.07, 6.45) is 3.66. The first kappa shape index (κ1) is 10.6. The highest BCUT2D eigenvalue weighted by Gasteiger charge is 2.04. The molecule has 0 spiro atoms. The maximum Gasteiger partial charge on any atom is 0.295 e. The Labute approximate surface area is 103 Å². The minimum atomic E-state index is 0.503. The van der Waals surface area contributed by atoms with E-state index in [-0.39, 0.29) is 0 Å². The molecule has 0 saturated heterocycles. The molecule has 3 N–H and O–H groups in total. The molecule has 0 aliphatic carbocycles. The van der Waals surface area contributed by atoms with Gasteiger partial charge in [0.25, 0.3) is 6.01 Å². The van der Waals surface area contributed by atoms with Gasteiger partial charge in [0.2, 0.25) is 0 Å². The van der Waals surface area contributed by atoms with E-state index in [4.69, 9.17) is 10.2 Å². The van der Waals surface area contributed by atoms with Gasteiger partial charge < -0.3 is 15.5 Å². The van der Waals surface area contributed by atoms with Gasteiger partial charge in [-0.3, -0.25) is 4.68 Å². The second kappa shape index (κ2) is 4.40. The lowest BCUT2D eigenvalue weighted by Gasteiger charge is -2.01. The van der Waals surface area contributed by atoms with E-state index < -0.39 is 0 Å². The fraction of sp³-hybridized carbons (Fsp3) is 0.167. The van der Waals surface area contributed by atoms with Crippen molar-refractivity contribution in [1.82, 2.24) is 14.8 Å². The number of nitrogens with two attached hydrogens (primary N) is 1. The lowest BCUT2D eigenvalue weighted by atomic mass is 10.3. The summed E-state index contributed by atoms with van der Waals surface area (Å²) < 4.78 is 7.38. The molecule has 6 heteroatoms. The van der Waals surface area contributed by atoms with Crippen LogP contribution in [-0.2, 0) is 6.54 Å². The van der Waals surface area contributed by atoms with Crippen molar-refractivity contribution in [3.63, 3.8) is 0 Å². The number of nitrogen functional groups attached to an aromatic ring is 1. The van der Waals surface area contributed by atoms with Crippen molar-refractivity contribution >= 4 is 22.8 Å². The average Bonchev–Trinajstić information content (AvgIpc) is 2.97. The summed E-state index contributed by atoms with van der Waals surface area (Å²) in [5.41, 5.74) is 7.85. The van der Waals surface area contributed by atoms with Crippen LogP contribution in [0.15, 0.2) is 41.1 Å². The van der Waals surface area contributed by atoms with Crippen molar-refractivity contribution in [2.45, 2.75) is 6.54 Å². The summed E-state index contributed by atoms with van der Waals surface area (Å²) in [7, 11) is 0. The summed E-state index contributed by atoms with van der Waals surface area (Å²) in [6.45, 7) is 1.46. The molecule has 0 aliphatic rings. The molecule has 0 fully saturated rings. The van der Waals surface area contributed by atoms with Gasteiger partial charge in [-0.2, -0.15) is 10.1 Å². The van der Waals surface area contributed by atoms with Crippen LogP contribution in [0.25, 0.3) is 11.1 Å². The van der Waals surface area contributed by atoms with Crippen molar-refractivity contribution in [3.05, 3.63) is 36.7 Å². The molecule has 0 saturated carbocycles. The molecule has 3 aromatic rings. The Kier molecular flexibility index (Phi) is 2.60. The molecular formula is C12H13N5O.